The molecule has 31 heavy (non-hydrogen) atoms. The summed E-state index contributed by atoms with van der Waals surface area (Å²) in [7, 11) is -1.68. The Morgan fingerprint density at radius 1 is 1.16 bits per heavy atom. The number of nitrogens with one attached hydrogen (secondary N) is 1. The number of aryl methyl sites for hydroxylation is 2. The minimum atomic E-state index is -3.55. The van der Waals surface area contributed by atoms with E-state index in [9.17, 15) is 13.2 Å². The lowest BCUT2D eigenvalue weighted by atomic mass is 10.2. The first kappa shape index (κ1) is 23.2. The standard InChI is InChI=1S/C22H27ClN4O3S/c1-4-27(5-2)31(29,30)17-10-11-20-19(14-17)25-21(26(20)3)12-13-22(28)24-15-16-8-6-7-9-18(16)23/h6-11,14H,4-5,12-13,15H2,1-3H3,(H,24,28). The molecule has 0 aliphatic heterocycles. The number of imidazole rings is 1. The van der Waals surface area contributed by atoms with Crippen molar-refractivity contribution < 1.29 is 13.2 Å². The van der Waals surface area contributed by atoms with E-state index in [0.29, 0.717) is 36.6 Å². The van der Waals surface area contributed by atoms with Crippen molar-refractivity contribution in [3.05, 3.63) is 58.9 Å². The predicted octanol–water partition coefficient (Wildman–Crippen LogP) is 3.51. The van der Waals surface area contributed by atoms with Crippen molar-refractivity contribution in [2.45, 2.75) is 38.1 Å². The van der Waals surface area contributed by atoms with Gasteiger partial charge in [0.05, 0.1) is 15.9 Å². The zero-order chi connectivity index (χ0) is 22.6. The number of aromatic nitrogens is 2. The van der Waals surface area contributed by atoms with Crippen molar-refractivity contribution in [1.82, 2.24) is 19.2 Å². The molecule has 9 heteroatoms. The molecule has 3 aromatic rings. The highest BCUT2D eigenvalue weighted by atomic mass is 35.5. The SMILES string of the molecule is CCN(CC)S(=O)(=O)c1ccc2c(c1)nc(CCC(=O)NCc1ccccc1Cl)n2C. The molecule has 1 amide bonds. The summed E-state index contributed by atoms with van der Waals surface area (Å²) in [6, 6.07) is 12.4. The van der Waals surface area contributed by atoms with Gasteiger partial charge in [-0.2, -0.15) is 4.31 Å². The molecule has 0 spiro atoms. The Kier molecular flexibility index (Phi) is 7.35. The molecule has 0 unspecified atom stereocenters. The van der Waals surface area contributed by atoms with Crippen LogP contribution in [0.25, 0.3) is 11.0 Å². The summed E-state index contributed by atoms with van der Waals surface area (Å²) >= 11 is 6.12. The van der Waals surface area contributed by atoms with Crippen LogP contribution in [0.5, 0.6) is 0 Å². The summed E-state index contributed by atoms with van der Waals surface area (Å²) in [5.41, 5.74) is 2.29. The molecule has 0 fully saturated rings. The molecule has 0 radical (unpaired) electrons. The van der Waals surface area contributed by atoms with E-state index in [1.165, 1.54) is 4.31 Å². The van der Waals surface area contributed by atoms with Crippen LogP contribution in [-0.2, 0) is 34.8 Å². The normalized spacial score (nSPS) is 11.9. The van der Waals surface area contributed by atoms with Crippen molar-refractivity contribution in [2.24, 2.45) is 7.05 Å². The van der Waals surface area contributed by atoms with Crippen LogP contribution in [0.1, 0.15) is 31.7 Å². The van der Waals surface area contributed by atoms with E-state index in [4.69, 9.17) is 11.6 Å². The lowest BCUT2D eigenvalue weighted by Crippen LogP contribution is -2.30. The maximum Gasteiger partial charge on any atom is 0.243 e. The van der Waals surface area contributed by atoms with Gasteiger partial charge in [0.2, 0.25) is 15.9 Å². The van der Waals surface area contributed by atoms with Crippen LogP contribution in [0.4, 0.5) is 0 Å². The fourth-order valence-corrected chi connectivity index (χ4v) is 5.16. The van der Waals surface area contributed by atoms with E-state index in [2.05, 4.69) is 10.3 Å². The maximum absolute atomic E-state index is 12.8. The fourth-order valence-electron chi connectivity index (χ4n) is 3.48. The summed E-state index contributed by atoms with van der Waals surface area (Å²) < 4.78 is 28.9. The van der Waals surface area contributed by atoms with Crippen LogP contribution in [0.15, 0.2) is 47.4 Å². The average Bonchev–Trinajstić information content (AvgIpc) is 3.07. The Balaban J connectivity index is 1.71. The van der Waals surface area contributed by atoms with E-state index in [1.54, 1.807) is 24.3 Å². The Morgan fingerprint density at radius 3 is 2.55 bits per heavy atom. The second-order valence-corrected chi connectivity index (χ2v) is 9.54. The van der Waals surface area contributed by atoms with Crippen LogP contribution in [0.3, 0.4) is 0 Å². The number of fused-ring (bicyclic) bond motifs is 1. The number of hydrogen-bond donors (Lipinski definition) is 1. The highest BCUT2D eigenvalue weighted by molar-refractivity contribution is 7.89. The Morgan fingerprint density at radius 2 is 1.87 bits per heavy atom. The number of benzene rings is 2. The topological polar surface area (TPSA) is 84.3 Å². The van der Waals surface area contributed by atoms with Crippen LogP contribution in [-0.4, -0.2) is 41.3 Å². The van der Waals surface area contributed by atoms with Crippen molar-refractivity contribution in [3.8, 4) is 0 Å². The smallest absolute Gasteiger partial charge is 0.243 e. The molecule has 1 heterocycles. The highest BCUT2D eigenvalue weighted by Crippen LogP contribution is 2.23. The lowest BCUT2D eigenvalue weighted by Gasteiger charge is -2.18. The van der Waals surface area contributed by atoms with Gasteiger partial charge >= 0.3 is 0 Å². The van der Waals surface area contributed by atoms with Crippen LogP contribution in [0, 0.1) is 0 Å². The minimum absolute atomic E-state index is 0.100. The maximum atomic E-state index is 12.8. The van der Waals surface area contributed by atoms with E-state index < -0.39 is 10.0 Å². The molecule has 2 aromatic carbocycles. The second-order valence-electron chi connectivity index (χ2n) is 7.20. The van der Waals surface area contributed by atoms with Gasteiger partial charge in [0.15, 0.2) is 0 Å². The molecule has 7 nitrogen and oxygen atoms in total. The number of carbonyl (C=O) groups is 1. The van der Waals surface area contributed by atoms with Crippen molar-refractivity contribution in [1.29, 1.82) is 0 Å². The van der Waals surface area contributed by atoms with Gasteiger partial charge in [-0.3, -0.25) is 4.79 Å². The number of carbonyl (C=O) groups excluding carboxylic acids is 1. The lowest BCUT2D eigenvalue weighted by molar-refractivity contribution is -0.121. The first-order chi connectivity index (χ1) is 14.8. The van der Waals surface area contributed by atoms with E-state index in [0.717, 1.165) is 16.9 Å². The fraction of sp³-hybridized carbons (Fsp3) is 0.364. The number of sulfonamides is 1. The van der Waals surface area contributed by atoms with Crippen molar-refractivity contribution in [3.63, 3.8) is 0 Å². The summed E-state index contributed by atoms with van der Waals surface area (Å²) in [5, 5.41) is 3.49. The first-order valence-corrected chi connectivity index (χ1v) is 12.0. The number of rotatable bonds is 9. The van der Waals surface area contributed by atoms with Gasteiger partial charge in [-0.25, -0.2) is 13.4 Å². The molecule has 1 aromatic heterocycles. The Bertz CT molecular complexity index is 1190. The number of amides is 1. The molecule has 0 saturated carbocycles. The minimum Gasteiger partial charge on any atom is -0.352 e. The van der Waals surface area contributed by atoms with Crippen LogP contribution in [0.2, 0.25) is 5.02 Å². The van der Waals surface area contributed by atoms with Crippen molar-refractivity contribution in [2.75, 3.05) is 13.1 Å². The van der Waals surface area contributed by atoms with Gasteiger partial charge in [-0.05, 0) is 29.8 Å². The molecule has 3 rings (SSSR count). The first-order valence-electron chi connectivity index (χ1n) is 10.2. The monoisotopic (exact) mass is 462 g/mol. The zero-order valence-electron chi connectivity index (χ0n) is 17.9. The second kappa shape index (κ2) is 9.80. The summed E-state index contributed by atoms with van der Waals surface area (Å²) in [4.78, 5) is 17.1. The molecule has 0 atom stereocenters. The molecule has 0 aliphatic carbocycles. The zero-order valence-corrected chi connectivity index (χ0v) is 19.5. The third-order valence-corrected chi connectivity index (χ3v) is 7.71. The van der Waals surface area contributed by atoms with Crippen LogP contribution >= 0.6 is 11.6 Å². The molecule has 0 bridgehead atoms. The van der Waals surface area contributed by atoms with Gasteiger partial charge in [0.1, 0.15) is 5.82 Å². The predicted molar refractivity (Wildman–Crippen MR) is 122 cm³/mol. The number of halogens is 1. The van der Waals surface area contributed by atoms with E-state index >= 15 is 0 Å². The molecular weight excluding hydrogens is 436 g/mol. The Hall–Kier alpha value is -2.42. The average molecular weight is 463 g/mol. The molecule has 0 aliphatic rings. The quantitative estimate of drug-likeness (QED) is 0.527. The largest absolute Gasteiger partial charge is 0.352 e. The number of hydrogen-bond acceptors (Lipinski definition) is 4. The molecular formula is C22H27ClN4O3S. The van der Waals surface area contributed by atoms with Gasteiger partial charge in [0, 0.05) is 44.5 Å². The third kappa shape index (κ3) is 5.08. The Labute approximate surface area is 188 Å². The van der Waals surface area contributed by atoms with Gasteiger partial charge in [-0.1, -0.05) is 43.6 Å². The van der Waals surface area contributed by atoms with E-state index in [1.807, 2.05) is 43.7 Å². The van der Waals surface area contributed by atoms with Gasteiger partial charge < -0.3 is 9.88 Å². The summed E-state index contributed by atoms with van der Waals surface area (Å²) in [5.74, 6) is 0.622. The molecule has 166 valence electrons. The summed E-state index contributed by atoms with van der Waals surface area (Å²) in [6.07, 6.45) is 0.712. The molecule has 0 saturated heterocycles. The van der Waals surface area contributed by atoms with Crippen LogP contribution < -0.4 is 5.32 Å². The van der Waals surface area contributed by atoms with Gasteiger partial charge in [0.25, 0.3) is 0 Å². The number of nitrogens with zero attached hydrogens (tertiary/aromatic N) is 3. The summed E-state index contributed by atoms with van der Waals surface area (Å²) in [6.45, 7) is 4.82. The van der Waals surface area contributed by atoms with E-state index in [-0.39, 0.29) is 17.2 Å². The van der Waals surface area contributed by atoms with Gasteiger partial charge in [-0.15, -0.1) is 0 Å². The third-order valence-electron chi connectivity index (χ3n) is 5.30. The highest BCUT2D eigenvalue weighted by Gasteiger charge is 2.22. The van der Waals surface area contributed by atoms with Crippen molar-refractivity contribution >= 4 is 38.6 Å². The molecule has 1 N–H and O–H groups in total.